The molecule has 0 radical (unpaired) electrons. The van der Waals surface area contributed by atoms with Gasteiger partial charge in [0.2, 0.25) is 0 Å². The van der Waals surface area contributed by atoms with Crippen LogP contribution in [0.1, 0.15) is 44.5 Å². The first kappa shape index (κ1) is 42.7. The lowest BCUT2D eigenvalue weighted by Gasteiger charge is -2.27. The summed E-state index contributed by atoms with van der Waals surface area (Å²) in [6.45, 7) is 17.4. The Hall–Kier alpha value is -7.62. The molecular formula is C62H57N3. The summed E-state index contributed by atoms with van der Waals surface area (Å²) in [7, 11) is 0. The molecule has 3 heteroatoms. The molecule has 3 nitrogen and oxygen atoms in total. The maximum Gasteiger partial charge on any atom is 0.0464 e. The van der Waals surface area contributed by atoms with Crippen molar-refractivity contribution in [1.29, 1.82) is 0 Å². The van der Waals surface area contributed by atoms with Crippen LogP contribution >= 0.6 is 0 Å². The van der Waals surface area contributed by atoms with Crippen molar-refractivity contribution in [3.05, 3.63) is 245 Å². The van der Waals surface area contributed by atoms with Crippen LogP contribution in [0.5, 0.6) is 0 Å². The van der Waals surface area contributed by atoms with Crippen LogP contribution < -0.4 is 14.7 Å². The Kier molecular flexibility index (Phi) is 12.0. The van der Waals surface area contributed by atoms with Gasteiger partial charge in [-0.1, -0.05) is 91.0 Å². The molecule has 9 aromatic rings. The van der Waals surface area contributed by atoms with E-state index >= 15 is 0 Å². The number of anilines is 9. The van der Waals surface area contributed by atoms with E-state index in [0.717, 1.165) is 51.2 Å². The molecule has 9 aromatic carbocycles. The maximum atomic E-state index is 2.36. The second-order valence-corrected chi connectivity index (χ2v) is 17.6. The van der Waals surface area contributed by atoms with E-state index < -0.39 is 0 Å². The molecule has 0 saturated heterocycles. The van der Waals surface area contributed by atoms with Gasteiger partial charge in [0.1, 0.15) is 0 Å². The molecule has 0 bridgehead atoms. The fraction of sp³-hybridized carbons (Fsp3) is 0.129. The number of hydrogen-bond acceptors (Lipinski definition) is 3. The molecule has 0 aromatic heterocycles. The number of benzene rings is 9. The second-order valence-electron chi connectivity index (χ2n) is 17.6. The van der Waals surface area contributed by atoms with Crippen LogP contribution in [0.4, 0.5) is 51.2 Å². The lowest BCUT2D eigenvalue weighted by molar-refractivity contribution is 1.23. The second kappa shape index (κ2) is 18.2. The van der Waals surface area contributed by atoms with Gasteiger partial charge >= 0.3 is 0 Å². The molecule has 0 saturated carbocycles. The smallest absolute Gasteiger partial charge is 0.0464 e. The monoisotopic (exact) mass is 843 g/mol. The Labute approximate surface area is 386 Å². The summed E-state index contributed by atoms with van der Waals surface area (Å²) in [5.74, 6) is 0. The number of aryl methyl sites for hydroxylation is 8. The first-order valence-electron chi connectivity index (χ1n) is 22.7. The predicted octanol–water partition coefficient (Wildman–Crippen LogP) is 17.9. The molecule has 0 aliphatic carbocycles. The van der Waals surface area contributed by atoms with E-state index in [0.29, 0.717) is 0 Å². The van der Waals surface area contributed by atoms with Gasteiger partial charge in [-0.3, -0.25) is 0 Å². The van der Waals surface area contributed by atoms with Crippen LogP contribution in [0, 0.1) is 55.4 Å². The molecule has 0 heterocycles. The Balaban J connectivity index is 0.982. The first-order valence-corrected chi connectivity index (χ1v) is 22.7. The molecule has 0 atom stereocenters. The highest BCUT2D eigenvalue weighted by molar-refractivity contribution is 5.83. The van der Waals surface area contributed by atoms with Crippen LogP contribution in [0.25, 0.3) is 22.3 Å². The Bertz CT molecular complexity index is 2800. The zero-order valence-corrected chi connectivity index (χ0v) is 38.9. The summed E-state index contributed by atoms with van der Waals surface area (Å²) in [6, 6.07) is 73.3. The zero-order valence-electron chi connectivity index (χ0n) is 38.9. The maximum absolute atomic E-state index is 2.36. The Morgan fingerprint density at radius 1 is 0.185 bits per heavy atom. The fourth-order valence-electron chi connectivity index (χ4n) is 8.59. The van der Waals surface area contributed by atoms with E-state index in [4.69, 9.17) is 0 Å². The van der Waals surface area contributed by atoms with E-state index in [2.05, 4.69) is 270 Å². The van der Waals surface area contributed by atoms with Gasteiger partial charge in [-0.05, 0) is 231 Å². The predicted molar refractivity (Wildman–Crippen MR) is 279 cm³/mol. The largest absolute Gasteiger partial charge is 0.311 e. The van der Waals surface area contributed by atoms with Crippen molar-refractivity contribution in [3.63, 3.8) is 0 Å². The molecule has 320 valence electrons. The van der Waals surface area contributed by atoms with Gasteiger partial charge in [-0.15, -0.1) is 0 Å². The number of para-hydroxylation sites is 1. The molecule has 0 aliphatic heterocycles. The van der Waals surface area contributed by atoms with Gasteiger partial charge in [-0.2, -0.15) is 0 Å². The van der Waals surface area contributed by atoms with Gasteiger partial charge < -0.3 is 14.7 Å². The van der Waals surface area contributed by atoms with Gasteiger partial charge in [0.05, 0.1) is 0 Å². The average molecular weight is 844 g/mol. The highest BCUT2D eigenvalue weighted by Gasteiger charge is 2.18. The number of hydrogen-bond donors (Lipinski definition) is 0. The van der Waals surface area contributed by atoms with Crippen LogP contribution in [-0.2, 0) is 0 Å². The fourth-order valence-corrected chi connectivity index (χ4v) is 8.59. The summed E-state index contributed by atoms with van der Waals surface area (Å²) >= 11 is 0. The minimum Gasteiger partial charge on any atom is -0.311 e. The Morgan fingerprint density at radius 3 is 0.615 bits per heavy atom. The van der Waals surface area contributed by atoms with E-state index in [1.165, 1.54) is 66.8 Å². The molecule has 0 aliphatic rings. The van der Waals surface area contributed by atoms with Crippen LogP contribution in [0.15, 0.2) is 200 Å². The van der Waals surface area contributed by atoms with Gasteiger partial charge in [0, 0.05) is 51.2 Å². The molecule has 0 unspecified atom stereocenters. The van der Waals surface area contributed by atoms with Crippen molar-refractivity contribution in [3.8, 4) is 22.3 Å². The molecule has 0 fully saturated rings. The van der Waals surface area contributed by atoms with Crippen LogP contribution in [-0.4, -0.2) is 0 Å². The van der Waals surface area contributed by atoms with Gasteiger partial charge in [-0.25, -0.2) is 0 Å². The van der Waals surface area contributed by atoms with Crippen molar-refractivity contribution >= 4 is 51.2 Å². The summed E-state index contributed by atoms with van der Waals surface area (Å²) in [4.78, 5) is 7.05. The third-order valence-corrected chi connectivity index (χ3v) is 13.2. The molecule has 9 rings (SSSR count). The Morgan fingerprint density at radius 2 is 0.385 bits per heavy atom. The van der Waals surface area contributed by atoms with Crippen molar-refractivity contribution in [2.45, 2.75) is 55.4 Å². The molecular weight excluding hydrogens is 787 g/mol. The van der Waals surface area contributed by atoms with Crippen LogP contribution in [0.2, 0.25) is 0 Å². The third kappa shape index (κ3) is 8.96. The van der Waals surface area contributed by atoms with Crippen molar-refractivity contribution < 1.29 is 0 Å². The summed E-state index contributed by atoms with van der Waals surface area (Å²) < 4.78 is 0. The van der Waals surface area contributed by atoms with Crippen LogP contribution in [0.3, 0.4) is 0 Å². The van der Waals surface area contributed by atoms with Crippen molar-refractivity contribution in [2.24, 2.45) is 0 Å². The number of nitrogens with zero attached hydrogens (tertiary/aromatic N) is 3. The van der Waals surface area contributed by atoms with Crippen molar-refractivity contribution in [1.82, 2.24) is 0 Å². The standard InChI is InChI=1S/C62H57N3/c1-42-14-26-59(38-46(42)5)64(60-27-15-43(2)47(6)39-60)57-34-22-52(23-35-57)50-18-30-55(31-19-50)63(54-12-10-9-11-13-54)56-32-20-51(21-33-56)53-24-36-58(37-25-53)65(61-28-16-44(3)48(7)40-61)62-29-17-45(4)49(8)41-62/h9-41H,1-8H3. The molecule has 0 spiro atoms. The van der Waals surface area contributed by atoms with E-state index in [9.17, 15) is 0 Å². The van der Waals surface area contributed by atoms with E-state index in [-0.39, 0.29) is 0 Å². The van der Waals surface area contributed by atoms with Crippen molar-refractivity contribution in [2.75, 3.05) is 14.7 Å². The average Bonchev–Trinajstić information content (AvgIpc) is 3.32. The van der Waals surface area contributed by atoms with Gasteiger partial charge in [0.25, 0.3) is 0 Å². The molecule has 65 heavy (non-hydrogen) atoms. The lowest BCUT2D eigenvalue weighted by atomic mass is 10.0. The van der Waals surface area contributed by atoms with E-state index in [1.807, 2.05) is 0 Å². The molecule has 0 N–H and O–H groups in total. The highest BCUT2D eigenvalue weighted by Crippen LogP contribution is 2.41. The summed E-state index contributed by atoms with van der Waals surface area (Å²) in [5.41, 5.74) is 25.2. The topological polar surface area (TPSA) is 9.72 Å². The van der Waals surface area contributed by atoms with Gasteiger partial charge in [0.15, 0.2) is 0 Å². The third-order valence-electron chi connectivity index (χ3n) is 13.2. The SMILES string of the molecule is Cc1ccc(N(c2ccc(-c3ccc(N(c4ccccc4)c4ccc(-c5ccc(N(c6ccc(C)c(C)c6)c6ccc(C)c(C)c6)cc5)cc4)cc3)cc2)c2ccc(C)c(C)c2)cc1C. The highest BCUT2D eigenvalue weighted by atomic mass is 15.2. The lowest BCUT2D eigenvalue weighted by Crippen LogP contribution is -2.11. The minimum atomic E-state index is 1.10. The molecule has 0 amide bonds. The minimum absolute atomic E-state index is 1.10. The number of rotatable bonds is 11. The summed E-state index contributed by atoms with van der Waals surface area (Å²) in [6.07, 6.45) is 0. The van der Waals surface area contributed by atoms with E-state index in [1.54, 1.807) is 0 Å². The normalized spacial score (nSPS) is 11.1. The zero-order chi connectivity index (χ0) is 45.2. The summed E-state index contributed by atoms with van der Waals surface area (Å²) in [5, 5.41) is 0. The first-order chi connectivity index (χ1) is 31.5. The quantitative estimate of drug-likeness (QED) is 0.128.